The molecular formula is C15H16N2O4S. The third kappa shape index (κ3) is 4.12. The van der Waals surface area contributed by atoms with E-state index in [1.807, 2.05) is 6.92 Å². The second-order valence-corrected chi connectivity index (χ2v) is 6.63. The largest absolute Gasteiger partial charge is 0.264 e. The Morgan fingerprint density at radius 3 is 2.23 bits per heavy atom. The first-order valence-corrected chi connectivity index (χ1v) is 8.12. The number of hydrogen-bond acceptors (Lipinski definition) is 4. The van der Waals surface area contributed by atoms with Gasteiger partial charge in [0.1, 0.15) is 6.04 Å². The van der Waals surface area contributed by atoms with Gasteiger partial charge in [0.2, 0.25) is 16.6 Å². The Labute approximate surface area is 129 Å². The van der Waals surface area contributed by atoms with Gasteiger partial charge in [-0.1, -0.05) is 48.0 Å². The second-order valence-electron chi connectivity index (χ2n) is 4.91. The normalized spacial score (nSPS) is 12.8. The number of aryl methyl sites for hydroxylation is 1. The van der Waals surface area contributed by atoms with Crippen molar-refractivity contribution in [2.24, 2.45) is 0 Å². The molecule has 2 aromatic rings. The van der Waals surface area contributed by atoms with Crippen molar-refractivity contribution in [1.29, 1.82) is 0 Å². The third-order valence-electron chi connectivity index (χ3n) is 3.16. The standard InChI is InChI=1S/C15H16N2O4S/c1-12-7-9-14(10-8-12)22(20,21)16-15(11-17(18)19)13-5-3-2-4-6-13/h2-10,15-16H,11H2,1H3. The van der Waals surface area contributed by atoms with Crippen LogP contribution in [0.25, 0.3) is 0 Å². The number of nitro groups is 1. The van der Waals surface area contributed by atoms with Crippen LogP contribution in [0.3, 0.4) is 0 Å². The van der Waals surface area contributed by atoms with Crippen molar-refractivity contribution in [1.82, 2.24) is 4.72 Å². The molecule has 0 aliphatic rings. The van der Waals surface area contributed by atoms with Crippen LogP contribution in [-0.2, 0) is 10.0 Å². The van der Waals surface area contributed by atoms with Crippen LogP contribution in [0, 0.1) is 17.0 Å². The number of rotatable bonds is 6. The summed E-state index contributed by atoms with van der Waals surface area (Å²) >= 11 is 0. The Morgan fingerprint density at radius 1 is 1.09 bits per heavy atom. The zero-order chi connectivity index (χ0) is 16.2. The van der Waals surface area contributed by atoms with Crippen molar-refractivity contribution in [3.05, 3.63) is 75.8 Å². The maximum atomic E-state index is 12.4. The summed E-state index contributed by atoms with van der Waals surface area (Å²) in [5.74, 6) is 0. The van der Waals surface area contributed by atoms with Crippen LogP contribution in [0.5, 0.6) is 0 Å². The molecular weight excluding hydrogens is 304 g/mol. The smallest absolute Gasteiger partial charge is 0.241 e. The summed E-state index contributed by atoms with van der Waals surface area (Å²) in [7, 11) is -3.82. The molecule has 0 bridgehead atoms. The van der Waals surface area contributed by atoms with Crippen LogP contribution in [-0.4, -0.2) is 19.9 Å². The van der Waals surface area contributed by atoms with Gasteiger partial charge in [-0.25, -0.2) is 8.42 Å². The molecule has 2 aromatic carbocycles. The highest BCUT2D eigenvalue weighted by Gasteiger charge is 2.25. The van der Waals surface area contributed by atoms with Crippen LogP contribution in [0.4, 0.5) is 0 Å². The Balaban J connectivity index is 2.30. The summed E-state index contributed by atoms with van der Waals surface area (Å²) < 4.78 is 27.2. The van der Waals surface area contributed by atoms with E-state index in [4.69, 9.17) is 0 Å². The van der Waals surface area contributed by atoms with Crippen LogP contribution in [0.1, 0.15) is 17.2 Å². The van der Waals surface area contributed by atoms with E-state index in [1.165, 1.54) is 12.1 Å². The van der Waals surface area contributed by atoms with Gasteiger partial charge in [-0.15, -0.1) is 0 Å². The summed E-state index contributed by atoms with van der Waals surface area (Å²) in [5, 5.41) is 10.8. The van der Waals surface area contributed by atoms with E-state index in [-0.39, 0.29) is 4.90 Å². The molecule has 0 heterocycles. The Bertz CT molecular complexity index is 743. The van der Waals surface area contributed by atoms with Crippen molar-refractivity contribution in [2.75, 3.05) is 6.54 Å². The minimum atomic E-state index is -3.82. The minimum Gasteiger partial charge on any atom is -0.264 e. The summed E-state index contributed by atoms with van der Waals surface area (Å²) in [6.45, 7) is 1.33. The lowest BCUT2D eigenvalue weighted by Crippen LogP contribution is -2.33. The van der Waals surface area contributed by atoms with Gasteiger partial charge in [-0.3, -0.25) is 10.1 Å². The van der Waals surface area contributed by atoms with Crippen LogP contribution >= 0.6 is 0 Å². The topological polar surface area (TPSA) is 89.3 Å². The van der Waals surface area contributed by atoms with Gasteiger partial charge in [0, 0.05) is 4.92 Å². The summed E-state index contributed by atoms with van der Waals surface area (Å²) in [6.07, 6.45) is 0. The molecule has 1 unspecified atom stereocenters. The highest BCUT2D eigenvalue weighted by molar-refractivity contribution is 7.89. The van der Waals surface area contributed by atoms with Crippen molar-refractivity contribution in [2.45, 2.75) is 17.9 Å². The number of hydrogen-bond donors (Lipinski definition) is 1. The molecule has 0 fully saturated rings. The monoisotopic (exact) mass is 320 g/mol. The molecule has 0 aliphatic carbocycles. The fourth-order valence-corrected chi connectivity index (χ4v) is 3.23. The van der Waals surface area contributed by atoms with Gasteiger partial charge in [0.25, 0.3) is 0 Å². The number of sulfonamides is 1. The van der Waals surface area contributed by atoms with Crippen molar-refractivity contribution in [3.8, 4) is 0 Å². The minimum absolute atomic E-state index is 0.0855. The van der Waals surface area contributed by atoms with E-state index < -0.39 is 27.5 Å². The number of nitrogens with one attached hydrogen (secondary N) is 1. The van der Waals surface area contributed by atoms with Gasteiger partial charge in [-0.2, -0.15) is 4.72 Å². The molecule has 0 amide bonds. The molecule has 22 heavy (non-hydrogen) atoms. The molecule has 116 valence electrons. The van der Waals surface area contributed by atoms with Gasteiger partial charge in [-0.05, 0) is 24.6 Å². The van der Waals surface area contributed by atoms with E-state index in [0.717, 1.165) is 5.56 Å². The van der Waals surface area contributed by atoms with E-state index >= 15 is 0 Å². The first-order chi connectivity index (χ1) is 10.4. The third-order valence-corrected chi connectivity index (χ3v) is 4.65. The molecule has 7 heteroatoms. The van der Waals surface area contributed by atoms with E-state index in [2.05, 4.69) is 4.72 Å². The number of benzene rings is 2. The zero-order valence-electron chi connectivity index (χ0n) is 12.0. The molecule has 6 nitrogen and oxygen atoms in total. The van der Waals surface area contributed by atoms with E-state index in [1.54, 1.807) is 42.5 Å². The fourth-order valence-electron chi connectivity index (χ4n) is 2.02. The summed E-state index contributed by atoms with van der Waals surface area (Å²) in [4.78, 5) is 10.4. The number of nitrogens with zero attached hydrogens (tertiary/aromatic N) is 1. The first-order valence-electron chi connectivity index (χ1n) is 6.64. The van der Waals surface area contributed by atoms with E-state index in [0.29, 0.717) is 5.56 Å². The summed E-state index contributed by atoms with van der Waals surface area (Å²) in [5.41, 5.74) is 1.48. The van der Waals surface area contributed by atoms with E-state index in [9.17, 15) is 18.5 Å². The average molecular weight is 320 g/mol. The van der Waals surface area contributed by atoms with Gasteiger partial charge >= 0.3 is 0 Å². The predicted molar refractivity (Wildman–Crippen MR) is 82.5 cm³/mol. The van der Waals surface area contributed by atoms with Gasteiger partial charge < -0.3 is 0 Å². The predicted octanol–water partition coefficient (Wildman–Crippen LogP) is 2.29. The lowest BCUT2D eigenvalue weighted by molar-refractivity contribution is -0.483. The van der Waals surface area contributed by atoms with Crippen molar-refractivity contribution < 1.29 is 13.3 Å². The highest BCUT2D eigenvalue weighted by Crippen LogP contribution is 2.18. The average Bonchev–Trinajstić information content (AvgIpc) is 2.47. The Morgan fingerprint density at radius 2 is 1.68 bits per heavy atom. The molecule has 0 aromatic heterocycles. The first kappa shape index (κ1) is 16.1. The van der Waals surface area contributed by atoms with Crippen LogP contribution in [0.2, 0.25) is 0 Å². The quantitative estimate of drug-likeness (QED) is 0.653. The summed E-state index contributed by atoms with van der Waals surface area (Å²) in [6, 6.07) is 13.9. The van der Waals surface area contributed by atoms with Crippen molar-refractivity contribution >= 4 is 10.0 Å². The molecule has 1 N–H and O–H groups in total. The molecule has 1 atom stereocenters. The zero-order valence-corrected chi connectivity index (χ0v) is 12.8. The van der Waals surface area contributed by atoms with Gasteiger partial charge in [0.15, 0.2) is 0 Å². The van der Waals surface area contributed by atoms with Gasteiger partial charge in [0.05, 0.1) is 4.90 Å². The van der Waals surface area contributed by atoms with Crippen molar-refractivity contribution in [3.63, 3.8) is 0 Å². The second kappa shape index (κ2) is 6.67. The lowest BCUT2D eigenvalue weighted by atomic mass is 10.1. The Hall–Kier alpha value is -2.25. The molecule has 0 radical (unpaired) electrons. The maximum absolute atomic E-state index is 12.4. The molecule has 2 rings (SSSR count). The Kier molecular flexibility index (Phi) is 4.89. The molecule has 0 spiro atoms. The van der Waals surface area contributed by atoms with Crippen LogP contribution in [0.15, 0.2) is 59.5 Å². The lowest BCUT2D eigenvalue weighted by Gasteiger charge is -2.15. The fraction of sp³-hybridized carbons (Fsp3) is 0.200. The molecule has 0 aliphatic heterocycles. The van der Waals surface area contributed by atoms with Crippen LogP contribution < -0.4 is 4.72 Å². The maximum Gasteiger partial charge on any atom is 0.241 e. The SMILES string of the molecule is Cc1ccc(S(=O)(=O)NC(C[N+](=O)[O-])c2ccccc2)cc1. The molecule has 0 saturated heterocycles. The molecule has 0 saturated carbocycles. The highest BCUT2D eigenvalue weighted by atomic mass is 32.2.